The Morgan fingerprint density at radius 2 is 2.14 bits per heavy atom. The van der Waals surface area contributed by atoms with Crippen molar-refractivity contribution in [2.45, 2.75) is 52.2 Å². The van der Waals surface area contributed by atoms with Crippen LogP contribution in [0.2, 0.25) is 0 Å². The van der Waals surface area contributed by atoms with Gasteiger partial charge in [-0.1, -0.05) is 19.1 Å². The second-order valence-electron chi connectivity index (χ2n) is 6.15. The van der Waals surface area contributed by atoms with Crippen molar-refractivity contribution in [2.75, 3.05) is 19.6 Å². The Bertz CT molecular complexity index is 482. The first-order valence-electron chi connectivity index (χ1n) is 8.30. The normalized spacial score (nSPS) is 17.3. The number of rotatable bonds is 6. The van der Waals surface area contributed by atoms with Crippen molar-refractivity contribution in [2.24, 2.45) is 0 Å². The topological polar surface area (TPSA) is 41.6 Å². The van der Waals surface area contributed by atoms with E-state index in [0.717, 1.165) is 44.6 Å². The molecule has 1 saturated heterocycles. The van der Waals surface area contributed by atoms with Crippen LogP contribution in [0.1, 0.15) is 38.7 Å². The molecule has 1 amide bonds. The standard InChI is InChI=1S/C18H28N2O2/c1-4-17(22-18-7-5-6-14(2)12-18)13-19-16-8-10-20(11-9-16)15(3)21/h5-7,12,16-17,19H,4,8-11,13H2,1-3H3/t17-/m0/s1. The fourth-order valence-electron chi connectivity index (χ4n) is 2.85. The number of likely N-dealkylation sites (tertiary alicyclic amines) is 1. The van der Waals surface area contributed by atoms with Crippen LogP contribution in [0.3, 0.4) is 0 Å². The summed E-state index contributed by atoms with van der Waals surface area (Å²) in [5.74, 6) is 1.13. The molecule has 1 aromatic carbocycles. The number of carbonyl (C=O) groups is 1. The molecule has 1 N–H and O–H groups in total. The van der Waals surface area contributed by atoms with E-state index in [9.17, 15) is 4.79 Å². The summed E-state index contributed by atoms with van der Waals surface area (Å²) in [6, 6.07) is 8.69. The average Bonchev–Trinajstić information content (AvgIpc) is 2.52. The first-order chi connectivity index (χ1) is 10.6. The Balaban J connectivity index is 1.76. The van der Waals surface area contributed by atoms with Gasteiger partial charge in [-0.2, -0.15) is 0 Å². The predicted molar refractivity (Wildman–Crippen MR) is 89.2 cm³/mol. The van der Waals surface area contributed by atoms with Gasteiger partial charge in [0.2, 0.25) is 5.91 Å². The van der Waals surface area contributed by atoms with E-state index in [1.54, 1.807) is 6.92 Å². The lowest BCUT2D eigenvalue weighted by Crippen LogP contribution is -2.46. The molecule has 0 unspecified atom stereocenters. The van der Waals surface area contributed by atoms with Crippen molar-refractivity contribution < 1.29 is 9.53 Å². The van der Waals surface area contributed by atoms with Gasteiger partial charge < -0.3 is 15.0 Å². The van der Waals surface area contributed by atoms with E-state index in [1.165, 1.54) is 5.56 Å². The Labute approximate surface area is 133 Å². The molecule has 122 valence electrons. The van der Waals surface area contributed by atoms with Gasteiger partial charge in [-0.05, 0) is 43.9 Å². The summed E-state index contributed by atoms with van der Waals surface area (Å²) in [7, 11) is 0. The molecule has 0 saturated carbocycles. The lowest BCUT2D eigenvalue weighted by Gasteiger charge is -2.32. The number of nitrogens with one attached hydrogen (secondary N) is 1. The summed E-state index contributed by atoms with van der Waals surface area (Å²) in [6.45, 7) is 8.46. The second-order valence-corrected chi connectivity index (χ2v) is 6.15. The fourth-order valence-corrected chi connectivity index (χ4v) is 2.85. The van der Waals surface area contributed by atoms with Gasteiger partial charge >= 0.3 is 0 Å². The van der Waals surface area contributed by atoms with Gasteiger partial charge in [0, 0.05) is 32.6 Å². The molecular weight excluding hydrogens is 276 g/mol. The zero-order valence-corrected chi connectivity index (χ0v) is 14.0. The molecule has 1 aliphatic heterocycles. The van der Waals surface area contributed by atoms with E-state index in [-0.39, 0.29) is 12.0 Å². The molecule has 0 aliphatic carbocycles. The van der Waals surface area contributed by atoms with E-state index >= 15 is 0 Å². The zero-order valence-electron chi connectivity index (χ0n) is 14.0. The Morgan fingerprint density at radius 1 is 1.41 bits per heavy atom. The number of piperidine rings is 1. The van der Waals surface area contributed by atoms with Crippen molar-refractivity contribution in [3.8, 4) is 5.75 Å². The van der Waals surface area contributed by atoms with Crippen molar-refractivity contribution in [3.05, 3.63) is 29.8 Å². The number of aryl methyl sites for hydroxylation is 1. The van der Waals surface area contributed by atoms with E-state index in [1.807, 2.05) is 17.0 Å². The van der Waals surface area contributed by atoms with Crippen molar-refractivity contribution in [3.63, 3.8) is 0 Å². The second kappa shape index (κ2) is 8.18. The average molecular weight is 304 g/mol. The van der Waals surface area contributed by atoms with Crippen molar-refractivity contribution in [1.29, 1.82) is 0 Å². The van der Waals surface area contributed by atoms with Crippen LogP contribution < -0.4 is 10.1 Å². The molecule has 4 nitrogen and oxygen atoms in total. The third-order valence-electron chi connectivity index (χ3n) is 4.32. The number of carbonyl (C=O) groups excluding carboxylic acids is 1. The van der Waals surface area contributed by atoms with Crippen LogP contribution in [0.25, 0.3) is 0 Å². The number of hydrogen-bond donors (Lipinski definition) is 1. The summed E-state index contributed by atoms with van der Waals surface area (Å²) in [4.78, 5) is 13.3. The molecule has 0 bridgehead atoms. The molecule has 4 heteroatoms. The molecule has 1 heterocycles. The van der Waals surface area contributed by atoms with Gasteiger partial charge in [0.25, 0.3) is 0 Å². The summed E-state index contributed by atoms with van der Waals surface area (Å²) in [5, 5.41) is 3.60. The van der Waals surface area contributed by atoms with Crippen molar-refractivity contribution >= 4 is 5.91 Å². The maximum absolute atomic E-state index is 11.3. The predicted octanol–water partition coefficient (Wildman–Crippen LogP) is 2.75. The molecule has 0 aromatic heterocycles. The SMILES string of the molecule is CC[C@@H](CNC1CCN(C(C)=O)CC1)Oc1cccc(C)c1. The largest absolute Gasteiger partial charge is 0.489 e. The molecule has 1 fully saturated rings. The first kappa shape index (κ1) is 16.8. The van der Waals surface area contributed by atoms with E-state index in [2.05, 4.69) is 31.3 Å². The summed E-state index contributed by atoms with van der Waals surface area (Å²) in [5.41, 5.74) is 1.22. The first-order valence-corrected chi connectivity index (χ1v) is 8.30. The van der Waals surface area contributed by atoms with Gasteiger partial charge in [0.05, 0.1) is 0 Å². The minimum atomic E-state index is 0.188. The van der Waals surface area contributed by atoms with Gasteiger partial charge in [-0.3, -0.25) is 4.79 Å². The van der Waals surface area contributed by atoms with Crippen LogP contribution in [-0.2, 0) is 4.79 Å². The number of ether oxygens (including phenoxy) is 1. The van der Waals surface area contributed by atoms with E-state index in [4.69, 9.17) is 4.74 Å². The number of benzene rings is 1. The third kappa shape index (κ3) is 5.02. The Kier molecular flexibility index (Phi) is 6.25. The minimum Gasteiger partial charge on any atom is -0.489 e. The molecule has 2 rings (SSSR count). The number of amides is 1. The van der Waals surface area contributed by atoms with Crippen LogP contribution in [0, 0.1) is 6.92 Å². The lowest BCUT2D eigenvalue weighted by molar-refractivity contribution is -0.129. The number of nitrogens with zero attached hydrogens (tertiary/aromatic N) is 1. The maximum Gasteiger partial charge on any atom is 0.219 e. The molecule has 1 aliphatic rings. The lowest BCUT2D eigenvalue weighted by atomic mass is 10.0. The van der Waals surface area contributed by atoms with Gasteiger partial charge in [0.15, 0.2) is 0 Å². The molecule has 1 atom stereocenters. The Hall–Kier alpha value is -1.55. The maximum atomic E-state index is 11.3. The monoisotopic (exact) mass is 304 g/mol. The highest BCUT2D eigenvalue weighted by atomic mass is 16.5. The summed E-state index contributed by atoms with van der Waals surface area (Å²) in [6.07, 6.45) is 3.22. The minimum absolute atomic E-state index is 0.188. The highest BCUT2D eigenvalue weighted by molar-refractivity contribution is 5.73. The van der Waals surface area contributed by atoms with Crippen LogP contribution in [-0.4, -0.2) is 42.6 Å². The smallest absolute Gasteiger partial charge is 0.219 e. The van der Waals surface area contributed by atoms with Crippen molar-refractivity contribution in [1.82, 2.24) is 10.2 Å². The fraction of sp³-hybridized carbons (Fsp3) is 0.611. The highest BCUT2D eigenvalue weighted by Gasteiger charge is 2.21. The molecule has 22 heavy (non-hydrogen) atoms. The molecular formula is C18H28N2O2. The molecule has 0 spiro atoms. The Morgan fingerprint density at radius 3 is 2.73 bits per heavy atom. The van der Waals surface area contributed by atoms with Crippen LogP contribution in [0.4, 0.5) is 0 Å². The van der Waals surface area contributed by atoms with Crippen LogP contribution in [0.15, 0.2) is 24.3 Å². The quantitative estimate of drug-likeness (QED) is 0.878. The third-order valence-corrected chi connectivity index (χ3v) is 4.32. The van der Waals surface area contributed by atoms with Gasteiger partial charge in [-0.15, -0.1) is 0 Å². The van der Waals surface area contributed by atoms with Gasteiger partial charge in [-0.25, -0.2) is 0 Å². The summed E-state index contributed by atoms with van der Waals surface area (Å²) >= 11 is 0. The number of hydrogen-bond acceptors (Lipinski definition) is 3. The highest BCUT2D eigenvalue weighted by Crippen LogP contribution is 2.16. The van der Waals surface area contributed by atoms with Gasteiger partial charge in [0.1, 0.15) is 11.9 Å². The molecule has 1 aromatic rings. The summed E-state index contributed by atoms with van der Waals surface area (Å²) < 4.78 is 6.07. The van der Waals surface area contributed by atoms with E-state index < -0.39 is 0 Å². The zero-order chi connectivity index (χ0) is 15.9. The van der Waals surface area contributed by atoms with Crippen LogP contribution in [0.5, 0.6) is 5.75 Å². The molecule has 0 radical (unpaired) electrons. The van der Waals surface area contributed by atoms with Crippen LogP contribution >= 0.6 is 0 Å². The van der Waals surface area contributed by atoms with E-state index in [0.29, 0.717) is 6.04 Å².